The third kappa shape index (κ3) is 7.79. The number of benzene rings is 1. The van der Waals surface area contributed by atoms with Gasteiger partial charge in [0.15, 0.2) is 0 Å². The van der Waals surface area contributed by atoms with E-state index in [9.17, 15) is 10.1 Å². The van der Waals surface area contributed by atoms with Crippen LogP contribution in [0.1, 0.15) is 56.1 Å². The fourth-order valence-corrected chi connectivity index (χ4v) is 6.09. The molecule has 3 N–H and O–H groups in total. The van der Waals surface area contributed by atoms with E-state index in [-0.39, 0.29) is 24.2 Å². The number of hydrogen-bond acceptors (Lipinski definition) is 9. The van der Waals surface area contributed by atoms with Crippen molar-refractivity contribution in [2.75, 3.05) is 28.7 Å². The molecule has 4 aromatic rings. The van der Waals surface area contributed by atoms with Gasteiger partial charge in [0.2, 0.25) is 5.95 Å². The van der Waals surface area contributed by atoms with Crippen molar-refractivity contribution in [3.63, 3.8) is 0 Å². The van der Waals surface area contributed by atoms with Crippen LogP contribution in [0.15, 0.2) is 67.3 Å². The molecule has 2 amide bonds. The Bertz CT molecular complexity index is 1620. The summed E-state index contributed by atoms with van der Waals surface area (Å²) in [7, 11) is 1.88. The number of amides is 2. The molecule has 2 fully saturated rings. The normalized spacial score (nSPS) is 19.5. The minimum Gasteiger partial charge on any atom is -0.376 e. The predicted molar refractivity (Wildman–Crippen MR) is 176 cm³/mol. The highest BCUT2D eigenvalue weighted by molar-refractivity contribution is 5.91. The fraction of sp³-hybridized carbons (Fsp3) is 0.412. The van der Waals surface area contributed by atoms with E-state index in [4.69, 9.17) is 9.72 Å². The Balaban J connectivity index is 1.11. The molecule has 238 valence electrons. The number of anilines is 3. The molecule has 0 radical (unpaired) electrons. The maximum absolute atomic E-state index is 13.7. The highest BCUT2D eigenvalue weighted by Gasteiger charge is 2.31. The van der Waals surface area contributed by atoms with Crippen LogP contribution in [0.25, 0.3) is 11.1 Å². The average Bonchev–Trinajstić information content (AvgIpc) is 3.54. The predicted octanol–water partition coefficient (Wildman–Crippen LogP) is 5.26. The Labute approximate surface area is 269 Å². The van der Waals surface area contributed by atoms with Gasteiger partial charge in [-0.3, -0.25) is 9.58 Å². The zero-order valence-electron chi connectivity index (χ0n) is 26.1. The van der Waals surface area contributed by atoms with Crippen LogP contribution in [-0.4, -0.2) is 62.1 Å². The zero-order valence-corrected chi connectivity index (χ0v) is 26.1. The Morgan fingerprint density at radius 3 is 2.57 bits per heavy atom. The second kappa shape index (κ2) is 14.8. The second-order valence-electron chi connectivity index (χ2n) is 11.9. The van der Waals surface area contributed by atoms with Crippen molar-refractivity contribution in [3.05, 3.63) is 78.4 Å². The number of pyridine rings is 1. The molecule has 4 heterocycles. The van der Waals surface area contributed by atoms with E-state index < -0.39 is 0 Å². The van der Waals surface area contributed by atoms with Crippen LogP contribution in [-0.2, 0) is 18.3 Å². The molecule has 12 heteroatoms. The van der Waals surface area contributed by atoms with Gasteiger partial charge < -0.3 is 20.7 Å². The van der Waals surface area contributed by atoms with E-state index >= 15 is 0 Å². The Morgan fingerprint density at radius 2 is 1.87 bits per heavy atom. The molecule has 0 spiro atoms. The standard InChI is InChI=1S/C34H40N10O2/c1-43-23-27(21-40-43)25-10-15-31(36-19-25)44(34(45)39-18-24-7-3-2-4-8-24)29-13-11-28(12-14-29)41-33-38-20-26(17-35)32(42-33)37-22-30-9-5-6-16-46-30/h2-4,7-8,10,15,19-21,23,28-30H,5-6,9,11-14,16,18,22H2,1H3,(H,39,45)(H2,37,38,41,42). The summed E-state index contributed by atoms with van der Waals surface area (Å²) < 4.78 is 7.58. The zero-order chi connectivity index (χ0) is 31.7. The molecule has 1 aromatic carbocycles. The maximum atomic E-state index is 13.7. The quantitative estimate of drug-likeness (QED) is 0.216. The fourth-order valence-electron chi connectivity index (χ4n) is 6.09. The first kappa shape index (κ1) is 31.0. The third-order valence-electron chi connectivity index (χ3n) is 8.61. The third-order valence-corrected chi connectivity index (χ3v) is 8.61. The summed E-state index contributed by atoms with van der Waals surface area (Å²) >= 11 is 0. The first-order valence-electron chi connectivity index (χ1n) is 16.0. The van der Waals surface area contributed by atoms with E-state index in [1.165, 1.54) is 0 Å². The lowest BCUT2D eigenvalue weighted by Gasteiger charge is -2.36. The number of carbonyl (C=O) groups excluding carboxylic acids is 1. The minimum atomic E-state index is -0.171. The number of aromatic nitrogens is 5. The molecule has 1 aliphatic carbocycles. The number of nitriles is 1. The van der Waals surface area contributed by atoms with Crippen molar-refractivity contribution in [2.45, 2.75) is 69.7 Å². The average molecular weight is 621 g/mol. The topological polar surface area (TPSA) is 146 Å². The minimum absolute atomic E-state index is 0.0276. The lowest BCUT2D eigenvalue weighted by Crippen LogP contribution is -2.49. The van der Waals surface area contributed by atoms with Gasteiger partial charge >= 0.3 is 6.03 Å². The summed E-state index contributed by atoms with van der Waals surface area (Å²) in [5, 5.41) is 23.7. The van der Waals surface area contributed by atoms with E-state index in [0.717, 1.165) is 68.2 Å². The maximum Gasteiger partial charge on any atom is 0.323 e. The lowest BCUT2D eigenvalue weighted by atomic mass is 9.90. The monoisotopic (exact) mass is 620 g/mol. The number of carbonyl (C=O) groups is 1. The summed E-state index contributed by atoms with van der Waals surface area (Å²) in [6.07, 6.45) is 13.7. The van der Waals surface area contributed by atoms with E-state index in [1.807, 2.05) is 55.7 Å². The molecule has 2 aliphatic rings. The molecule has 1 saturated heterocycles. The summed E-state index contributed by atoms with van der Waals surface area (Å²) in [4.78, 5) is 29.3. The number of nitrogens with zero attached hydrogens (tertiary/aromatic N) is 7. The largest absolute Gasteiger partial charge is 0.376 e. The molecule has 0 bridgehead atoms. The van der Waals surface area contributed by atoms with Gasteiger partial charge in [-0.2, -0.15) is 15.3 Å². The van der Waals surface area contributed by atoms with Gasteiger partial charge in [0.05, 0.1) is 18.5 Å². The molecule has 1 unspecified atom stereocenters. The van der Waals surface area contributed by atoms with Crippen LogP contribution in [0.3, 0.4) is 0 Å². The highest BCUT2D eigenvalue weighted by Crippen LogP contribution is 2.30. The van der Waals surface area contributed by atoms with Crippen LogP contribution < -0.4 is 20.9 Å². The first-order chi connectivity index (χ1) is 22.6. The molecule has 1 saturated carbocycles. The van der Waals surface area contributed by atoms with Crippen molar-refractivity contribution in [3.8, 4) is 17.2 Å². The van der Waals surface area contributed by atoms with Crippen molar-refractivity contribution in [2.24, 2.45) is 7.05 Å². The lowest BCUT2D eigenvalue weighted by molar-refractivity contribution is 0.0247. The smallest absolute Gasteiger partial charge is 0.323 e. The SMILES string of the molecule is Cn1cc(-c2ccc(N(C(=O)NCc3ccccc3)C3CCC(Nc4ncc(C#N)c(NCC5CCCCO5)n4)CC3)nc2)cn1. The Kier molecular flexibility index (Phi) is 10.00. The molecule has 1 atom stereocenters. The van der Waals surface area contributed by atoms with Gasteiger partial charge in [-0.1, -0.05) is 30.3 Å². The summed E-state index contributed by atoms with van der Waals surface area (Å²) in [6.45, 7) is 1.81. The van der Waals surface area contributed by atoms with Gasteiger partial charge in [0.25, 0.3) is 0 Å². The van der Waals surface area contributed by atoms with Crippen LogP contribution in [0.5, 0.6) is 0 Å². The van der Waals surface area contributed by atoms with Gasteiger partial charge in [-0.15, -0.1) is 0 Å². The van der Waals surface area contributed by atoms with Crippen molar-refractivity contribution in [1.29, 1.82) is 5.26 Å². The van der Waals surface area contributed by atoms with Crippen molar-refractivity contribution < 1.29 is 9.53 Å². The van der Waals surface area contributed by atoms with Gasteiger partial charge in [-0.25, -0.2) is 14.8 Å². The summed E-state index contributed by atoms with van der Waals surface area (Å²) in [6, 6.07) is 15.9. The van der Waals surface area contributed by atoms with E-state index in [1.54, 1.807) is 28.2 Å². The number of hydrogen-bond donors (Lipinski definition) is 3. The molecule has 46 heavy (non-hydrogen) atoms. The van der Waals surface area contributed by atoms with Crippen LogP contribution in [0.4, 0.5) is 22.4 Å². The number of nitrogens with one attached hydrogen (secondary N) is 3. The summed E-state index contributed by atoms with van der Waals surface area (Å²) in [5.74, 6) is 1.62. The van der Waals surface area contributed by atoms with Gasteiger partial charge in [0, 0.05) is 62.3 Å². The number of urea groups is 1. The number of aryl methyl sites for hydroxylation is 1. The molecule has 3 aromatic heterocycles. The first-order valence-corrected chi connectivity index (χ1v) is 16.0. The van der Waals surface area contributed by atoms with E-state index in [2.05, 4.69) is 37.1 Å². The summed E-state index contributed by atoms with van der Waals surface area (Å²) in [5.41, 5.74) is 3.35. The second-order valence-corrected chi connectivity index (χ2v) is 11.9. The molecule has 12 nitrogen and oxygen atoms in total. The van der Waals surface area contributed by atoms with Crippen LogP contribution >= 0.6 is 0 Å². The number of ether oxygens (including phenoxy) is 1. The Morgan fingerprint density at radius 1 is 1.02 bits per heavy atom. The molecule has 6 rings (SSSR count). The number of rotatable bonds is 10. The van der Waals surface area contributed by atoms with Gasteiger partial charge in [0.1, 0.15) is 23.3 Å². The van der Waals surface area contributed by atoms with Crippen LogP contribution in [0, 0.1) is 11.3 Å². The molecule has 1 aliphatic heterocycles. The van der Waals surface area contributed by atoms with E-state index in [0.29, 0.717) is 36.2 Å². The van der Waals surface area contributed by atoms with Gasteiger partial charge in [-0.05, 0) is 62.6 Å². The molecular formula is C34H40N10O2. The highest BCUT2D eigenvalue weighted by atomic mass is 16.5. The Hall–Kier alpha value is -5.02. The van der Waals surface area contributed by atoms with Crippen LogP contribution in [0.2, 0.25) is 0 Å². The van der Waals surface area contributed by atoms with Crippen molar-refractivity contribution in [1.82, 2.24) is 30.0 Å². The molecular weight excluding hydrogens is 580 g/mol. The van der Waals surface area contributed by atoms with Crippen molar-refractivity contribution >= 4 is 23.6 Å².